The van der Waals surface area contributed by atoms with Gasteiger partial charge in [0.1, 0.15) is 11.4 Å². The third kappa shape index (κ3) is 2.90. The molecule has 3 rings (SSSR count). The predicted octanol–water partition coefficient (Wildman–Crippen LogP) is 3.84. The van der Waals surface area contributed by atoms with Gasteiger partial charge < -0.3 is 9.67 Å². The molecule has 1 aliphatic rings. The maximum atomic E-state index is 11.3. The molecule has 1 fully saturated rings. The molecule has 118 valence electrons. The lowest BCUT2D eigenvalue weighted by Gasteiger charge is -2.34. The average Bonchev–Trinajstić information content (AvgIpc) is 3.10. The van der Waals surface area contributed by atoms with Crippen molar-refractivity contribution in [2.24, 2.45) is 0 Å². The Bertz CT molecular complexity index is 666. The van der Waals surface area contributed by atoms with E-state index in [1.165, 1.54) is 0 Å². The summed E-state index contributed by atoms with van der Waals surface area (Å²) in [6.07, 6.45) is 6.58. The van der Waals surface area contributed by atoms with Gasteiger partial charge >= 0.3 is 0 Å². The first kappa shape index (κ1) is 15.9. The summed E-state index contributed by atoms with van der Waals surface area (Å²) in [5.41, 5.74) is -0.110. The van der Waals surface area contributed by atoms with Crippen molar-refractivity contribution in [1.82, 2.24) is 9.55 Å². The summed E-state index contributed by atoms with van der Waals surface area (Å²) in [6, 6.07) is 7.62. The summed E-state index contributed by atoms with van der Waals surface area (Å²) >= 11 is 12.9. The highest BCUT2D eigenvalue weighted by Gasteiger charge is 2.58. The molecule has 3 nitrogen and oxygen atoms in total. The van der Waals surface area contributed by atoms with Gasteiger partial charge in [0.25, 0.3) is 0 Å². The number of hydrogen-bond donors (Lipinski definition) is 1. The number of hydrogen-bond acceptors (Lipinski definition) is 2. The molecule has 5 heteroatoms. The fourth-order valence-corrected chi connectivity index (χ4v) is 3.39. The normalized spacial score (nSPS) is 18.9. The molecule has 1 saturated carbocycles. The first-order valence-corrected chi connectivity index (χ1v) is 8.38. The van der Waals surface area contributed by atoms with E-state index in [0.29, 0.717) is 18.0 Å². The summed E-state index contributed by atoms with van der Waals surface area (Å²) in [4.78, 5) is 3.76. The molecule has 22 heavy (non-hydrogen) atoms. The van der Waals surface area contributed by atoms with Gasteiger partial charge in [0.15, 0.2) is 0 Å². The first-order chi connectivity index (χ1) is 10.5. The van der Waals surface area contributed by atoms with Crippen LogP contribution in [0.5, 0.6) is 0 Å². The number of benzene rings is 1. The molecule has 0 aliphatic heterocycles. The highest BCUT2D eigenvalue weighted by molar-refractivity contribution is 6.31. The minimum atomic E-state index is -1.04. The van der Waals surface area contributed by atoms with Crippen LogP contribution in [0.1, 0.15) is 31.2 Å². The van der Waals surface area contributed by atoms with Crippen LogP contribution < -0.4 is 0 Å². The summed E-state index contributed by atoms with van der Waals surface area (Å²) in [5, 5.41) is 12.0. The largest absolute Gasteiger partial charge is 0.386 e. The van der Waals surface area contributed by atoms with Gasteiger partial charge in [0.05, 0.1) is 11.4 Å². The van der Waals surface area contributed by atoms with Gasteiger partial charge in [-0.15, -0.1) is 11.6 Å². The van der Waals surface area contributed by atoms with Crippen molar-refractivity contribution < 1.29 is 5.11 Å². The number of rotatable bonds is 6. The van der Waals surface area contributed by atoms with Crippen molar-refractivity contribution in [3.63, 3.8) is 0 Å². The van der Waals surface area contributed by atoms with E-state index in [9.17, 15) is 5.11 Å². The van der Waals surface area contributed by atoms with Gasteiger partial charge in [-0.2, -0.15) is 0 Å². The molecule has 1 N–H and O–H groups in total. The van der Waals surface area contributed by atoms with Crippen molar-refractivity contribution in [1.29, 1.82) is 0 Å². The van der Waals surface area contributed by atoms with Crippen LogP contribution in [-0.2, 0) is 19.4 Å². The molecule has 1 unspecified atom stereocenters. The van der Waals surface area contributed by atoms with E-state index in [2.05, 4.69) is 11.9 Å². The highest BCUT2D eigenvalue weighted by atomic mass is 35.5. The quantitative estimate of drug-likeness (QED) is 0.812. The van der Waals surface area contributed by atoms with Crippen LogP contribution in [0.25, 0.3) is 0 Å². The molecule has 1 aromatic heterocycles. The van der Waals surface area contributed by atoms with Crippen LogP contribution in [0, 0.1) is 0 Å². The van der Waals surface area contributed by atoms with Crippen molar-refractivity contribution in [3.05, 3.63) is 53.1 Å². The topological polar surface area (TPSA) is 38.0 Å². The van der Waals surface area contributed by atoms with Gasteiger partial charge in [-0.25, -0.2) is 4.98 Å². The van der Waals surface area contributed by atoms with Crippen molar-refractivity contribution in [2.45, 2.75) is 49.6 Å². The number of aromatic nitrogens is 2. The molecular formula is C17H20Cl2N2O. The summed E-state index contributed by atoms with van der Waals surface area (Å²) in [6.45, 7) is 2.49. The van der Waals surface area contributed by atoms with Crippen molar-refractivity contribution in [3.8, 4) is 0 Å². The Morgan fingerprint density at radius 2 is 2.09 bits per heavy atom. The molecule has 0 radical (unpaired) electrons. The number of alkyl halides is 1. The van der Waals surface area contributed by atoms with Crippen LogP contribution in [-0.4, -0.2) is 25.1 Å². The zero-order valence-corrected chi connectivity index (χ0v) is 14.1. The number of imidazole rings is 1. The second-order valence-electron chi connectivity index (χ2n) is 6.09. The van der Waals surface area contributed by atoms with E-state index in [4.69, 9.17) is 23.2 Å². The zero-order valence-electron chi connectivity index (χ0n) is 12.6. The third-order valence-corrected chi connectivity index (χ3v) is 5.61. The van der Waals surface area contributed by atoms with Crippen molar-refractivity contribution >= 4 is 23.2 Å². The van der Waals surface area contributed by atoms with E-state index in [1.807, 2.05) is 35.0 Å². The fraction of sp³-hybridized carbons (Fsp3) is 0.471. The van der Waals surface area contributed by atoms with E-state index in [1.54, 1.807) is 6.20 Å². The van der Waals surface area contributed by atoms with Crippen LogP contribution in [0.2, 0.25) is 5.02 Å². The second-order valence-corrected chi connectivity index (χ2v) is 7.22. The standard InChI is InChI=1S/C17H20Cl2N2O/c1-2-15-20-9-10-21(15)12-17(22,16(19)7-8-16)11-13-5-3-4-6-14(13)18/h3-6,9-10,22H,2,7-8,11-12H2,1H3. The lowest BCUT2D eigenvalue weighted by Crippen LogP contribution is -2.47. The SMILES string of the molecule is CCc1nccn1CC(O)(Cc1ccccc1Cl)C1(Cl)CC1. The smallest absolute Gasteiger partial charge is 0.108 e. The second kappa shape index (κ2) is 5.88. The summed E-state index contributed by atoms with van der Waals surface area (Å²) < 4.78 is 2.00. The highest BCUT2D eigenvalue weighted by Crippen LogP contribution is 2.53. The minimum Gasteiger partial charge on any atom is -0.386 e. The Hall–Kier alpha value is -1.03. The lowest BCUT2D eigenvalue weighted by atomic mass is 9.88. The number of nitrogens with zero attached hydrogens (tertiary/aromatic N) is 2. The monoisotopic (exact) mass is 338 g/mol. The van der Waals surface area contributed by atoms with Crippen LogP contribution in [0.3, 0.4) is 0 Å². The Morgan fingerprint density at radius 3 is 2.73 bits per heavy atom. The molecule has 1 atom stereocenters. The maximum Gasteiger partial charge on any atom is 0.108 e. The molecule has 0 amide bonds. The Labute approximate surface area is 140 Å². The predicted molar refractivity (Wildman–Crippen MR) is 89.5 cm³/mol. The molecule has 0 saturated heterocycles. The van der Waals surface area contributed by atoms with Crippen LogP contribution in [0.4, 0.5) is 0 Å². The molecule has 1 heterocycles. The molecule has 1 aliphatic carbocycles. The van der Waals surface area contributed by atoms with Crippen molar-refractivity contribution in [2.75, 3.05) is 0 Å². The molecule has 2 aromatic rings. The Kier molecular flexibility index (Phi) is 4.23. The third-order valence-electron chi connectivity index (χ3n) is 4.51. The molecule has 0 bridgehead atoms. The molecule has 0 spiro atoms. The minimum absolute atomic E-state index is 0.435. The van der Waals surface area contributed by atoms with E-state index >= 15 is 0 Å². The summed E-state index contributed by atoms with van der Waals surface area (Å²) in [5.74, 6) is 0.957. The molecular weight excluding hydrogens is 319 g/mol. The van der Waals surface area contributed by atoms with Gasteiger partial charge in [-0.05, 0) is 24.5 Å². The number of aliphatic hydroxyl groups is 1. The number of halogens is 2. The average molecular weight is 339 g/mol. The van der Waals surface area contributed by atoms with E-state index in [0.717, 1.165) is 30.7 Å². The van der Waals surface area contributed by atoms with Gasteiger partial charge in [-0.3, -0.25) is 0 Å². The van der Waals surface area contributed by atoms with E-state index in [-0.39, 0.29) is 0 Å². The van der Waals surface area contributed by atoms with Gasteiger partial charge in [0, 0.05) is 30.3 Å². The lowest BCUT2D eigenvalue weighted by molar-refractivity contribution is 0.0102. The van der Waals surface area contributed by atoms with Crippen LogP contribution in [0.15, 0.2) is 36.7 Å². The maximum absolute atomic E-state index is 11.3. The van der Waals surface area contributed by atoms with Crippen LogP contribution >= 0.6 is 23.2 Å². The number of aryl methyl sites for hydroxylation is 1. The first-order valence-electron chi connectivity index (χ1n) is 7.62. The summed E-state index contributed by atoms with van der Waals surface area (Å²) in [7, 11) is 0. The van der Waals surface area contributed by atoms with Gasteiger partial charge in [-0.1, -0.05) is 36.7 Å². The zero-order chi connectivity index (χ0) is 15.8. The molecule has 1 aromatic carbocycles. The Balaban J connectivity index is 1.91. The fourth-order valence-electron chi connectivity index (χ4n) is 2.97. The van der Waals surface area contributed by atoms with Gasteiger partial charge in [0.2, 0.25) is 0 Å². The van der Waals surface area contributed by atoms with E-state index < -0.39 is 10.5 Å². The Morgan fingerprint density at radius 1 is 1.36 bits per heavy atom.